The maximum absolute atomic E-state index is 13.4. The number of methoxy groups -OCH3 is 2. The topological polar surface area (TPSA) is 263 Å². The van der Waals surface area contributed by atoms with Crippen LogP contribution in [0.3, 0.4) is 0 Å². The summed E-state index contributed by atoms with van der Waals surface area (Å²) >= 11 is 0. The number of ether oxygens (including phenoxy) is 10. The first kappa shape index (κ1) is 53.6. The predicted molar refractivity (Wildman–Crippen MR) is 239 cm³/mol. The highest BCUT2D eigenvalue weighted by Crippen LogP contribution is 2.36. The molecule has 0 aliphatic heterocycles. The fourth-order valence-electron chi connectivity index (χ4n) is 8.26. The first-order valence-electron chi connectivity index (χ1n) is 22.9. The van der Waals surface area contributed by atoms with Gasteiger partial charge in [-0.05, 0) is 113 Å². The summed E-state index contributed by atoms with van der Waals surface area (Å²) in [5.74, 6) is -9.83. The summed E-state index contributed by atoms with van der Waals surface area (Å²) < 4.78 is 52.2. The third-order valence-corrected chi connectivity index (χ3v) is 12.2. The Labute approximate surface area is 403 Å². The van der Waals surface area contributed by atoms with Gasteiger partial charge in [0.05, 0.1) is 49.7 Å². The molecule has 3 aliphatic carbocycles. The molecule has 3 aliphatic rings. The lowest BCUT2D eigenvalue weighted by atomic mass is 9.82. The molecule has 70 heavy (non-hydrogen) atoms. The molecular formula is C50H56O20. The second-order valence-electron chi connectivity index (χ2n) is 16.7. The Morgan fingerprint density at radius 3 is 0.971 bits per heavy atom. The third kappa shape index (κ3) is 15.3. The van der Waals surface area contributed by atoms with Gasteiger partial charge >= 0.3 is 59.7 Å². The fraction of sp³-hybridized carbons (Fsp3) is 0.480. The number of hydrogen-bond acceptors (Lipinski definition) is 20. The van der Waals surface area contributed by atoms with Crippen LogP contribution in [0.4, 0.5) is 0 Å². The summed E-state index contributed by atoms with van der Waals surface area (Å²) in [5, 5.41) is 0. The summed E-state index contributed by atoms with van der Waals surface area (Å²) in [4.78, 5) is 126. The molecule has 3 fully saturated rings. The number of esters is 10. The second kappa shape index (κ2) is 26.4. The number of benzene rings is 2. The molecular weight excluding hydrogens is 921 g/mol. The minimum atomic E-state index is -0.855. The van der Waals surface area contributed by atoms with Gasteiger partial charge in [0.2, 0.25) is 0 Å². The molecule has 0 saturated heterocycles. The minimum Gasteiger partial charge on any atom is -0.465 e. The van der Waals surface area contributed by atoms with E-state index in [1.807, 2.05) is 0 Å². The Morgan fingerprint density at radius 2 is 0.686 bits per heavy atom. The molecule has 0 atom stereocenters. The molecule has 0 radical (unpaired) electrons. The fourth-order valence-corrected chi connectivity index (χ4v) is 8.26. The molecule has 376 valence electrons. The smallest absolute Gasteiger partial charge is 0.341 e. The third-order valence-electron chi connectivity index (χ3n) is 12.2. The Kier molecular flexibility index (Phi) is 20.2. The van der Waals surface area contributed by atoms with Crippen molar-refractivity contribution in [3.05, 3.63) is 72.8 Å². The van der Waals surface area contributed by atoms with E-state index < -0.39 is 95.2 Å². The van der Waals surface area contributed by atoms with Crippen LogP contribution in [0.1, 0.15) is 97.8 Å². The van der Waals surface area contributed by atoms with E-state index in [4.69, 9.17) is 47.4 Å². The van der Waals surface area contributed by atoms with Crippen LogP contribution in [-0.2, 0) is 66.8 Å². The summed E-state index contributed by atoms with van der Waals surface area (Å²) in [6, 6.07) is 7.81. The molecule has 0 aromatic heterocycles. The largest absolute Gasteiger partial charge is 0.465 e. The van der Waals surface area contributed by atoms with Crippen molar-refractivity contribution in [1.82, 2.24) is 0 Å². The van der Waals surface area contributed by atoms with Gasteiger partial charge < -0.3 is 47.4 Å². The lowest BCUT2D eigenvalue weighted by molar-refractivity contribution is -0.155. The van der Waals surface area contributed by atoms with E-state index in [1.165, 1.54) is 36.4 Å². The van der Waals surface area contributed by atoms with Crippen molar-refractivity contribution in [2.24, 2.45) is 35.5 Å². The van der Waals surface area contributed by atoms with Gasteiger partial charge in [-0.3, -0.25) is 28.8 Å². The van der Waals surface area contributed by atoms with Crippen LogP contribution in [-0.4, -0.2) is 100 Å². The van der Waals surface area contributed by atoms with E-state index in [2.05, 4.69) is 13.2 Å². The zero-order valence-electron chi connectivity index (χ0n) is 39.0. The van der Waals surface area contributed by atoms with Gasteiger partial charge in [0.15, 0.2) is 0 Å². The molecule has 3 saturated carbocycles. The van der Waals surface area contributed by atoms with Crippen molar-refractivity contribution in [1.29, 1.82) is 0 Å². The van der Waals surface area contributed by atoms with Gasteiger partial charge in [-0.2, -0.15) is 0 Å². The van der Waals surface area contributed by atoms with Crippen molar-refractivity contribution < 1.29 is 95.3 Å². The SMILES string of the molecule is C=CC(=O)OCCOC(=O)C1CCC(C(=O)Oc2ccc(OC(=O)C3CCC(C(=O)Oc4ccc(OC(=O)C5CCC(C(=O)OCCOC(=O)C=C)CC5)cc4C(=O)OC)CC3)c(C(=O)OC)c2)CC1. The van der Waals surface area contributed by atoms with E-state index in [0.717, 1.165) is 26.4 Å². The molecule has 2 aromatic rings. The minimum absolute atomic E-state index is 0.00572. The Bertz CT molecular complexity index is 2130. The maximum atomic E-state index is 13.4. The van der Waals surface area contributed by atoms with Gasteiger partial charge in [0.1, 0.15) is 60.6 Å². The monoisotopic (exact) mass is 976 g/mol. The molecule has 0 unspecified atom stereocenters. The van der Waals surface area contributed by atoms with Crippen molar-refractivity contribution in [3.8, 4) is 23.0 Å². The van der Waals surface area contributed by atoms with Crippen molar-refractivity contribution in [3.63, 3.8) is 0 Å². The van der Waals surface area contributed by atoms with Gasteiger partial charge in [-0.15, -0.1) is 0 Å². The Balaban J connectivity index is 1.08. The number of carbonyl (C=O) groups is 10. The van der Waals surface area contributed by atoms with Crippen molar-refractivity contribution in [2.75, 3.05) is 40.6 Å². The molecule has 0 N–H and O–H groups in total. The van der Waals surface area contributed by atoms with Gasteiger partial charge in [-0.25, -0.2) is 19.2 Å². The zero-order chi connectivity index (χ0) is 50.7. The van der Waals surface area contributed by atoms with Crippen LogP contribution >= 0.6 is 0 Å². The highest BCUT2D eigenvalue weighted by atomic mass is 16.6. The average molecular weight is 977 g/mol. The molecule has 0 amide bonds. The molecule has 2 aromatic carbocycles. The highest BCUT2D eigenvalue weighted by Gasteiger charge is 2.36. The van der Waals surface area contributed by atoms with Gasteiger partial charge in [-0.1, -0.05) is 13.2 Å². The normalized spacial score (nSPS) is 20.7. The number of rotatable bonds is 20. The number of hydrogen-bond donors (Lipinski definition) is 0. The lowest BCUT2D eigenvalue weighted by Crippen LogP contribution is -2.31. The molecule has 0 spiro atoms. The Hall–Kier alpha value is -7.38. The molecule has 0 bridgehead atoms. The summed E-state index contributed by atoms with van der Waals surface area (Å²) in [6.45, 7) is 6.16. The summed E-state index contributed by atoms with van der Waals surface area (Å²) in [7, 11) is 2.27. The quantitative estimate of drug-likeness (QED) is 0.0518. The number of carbonyl (C=O) groups excluding carboxylic acids is 10. The van der Waals surface area contributed by atoms with E-state index >= 15 is 0 Å². The van der Waals surface area contributed by atoms with Crippen LogP contribution < -0.4 is 18.9 Å². The van der Waals surface area contributed by atoms with E-state index in [-0.39, 0.29) is 86.2 Å². The van der Waals surface area contributed by atoms with Crippen LogP contribution in [0.15, 0.2) is 61.7 Å². The van der Waals surface area contributed by atoms with Gasteiger partial charge in [0, 0.05) is 12.2 Å². The molecule has 20 heteroatoms. The first-order valence-corrected chi connectivity index (χ1v) is 22.9. The molecule has 0 heterocycles. The van der Waals surface area contributed by atoms with E-state index in [0.29, 0.717) is 51.4 Å². The second-order valence-corrected chi connectivity index (χ2v) is 16.7. The summed E-state index contributed by atoms with van der Waals surface area (Å²) in [5.41, 5.74) is -0.340. The Morgan fingerprint density at radius 1 is 0.414 bits per heavy atom. The highest BCUT2D eigenvalue weighted by molar-refractivity contribution is 5.95. The maximum Gasteiger partial charge on any atom is 0.341 e. The first-order chi connectivity index (χ1) is 33.6. The average Bonchev–Trinajstić information content (AvgIpc) is 3.38. The van der Waals surface area contributed by atoms with Gasteiger partial charge in [0.25, 0.3) is 0 Å². The van der Waals surface area contributed by atoms with Crippen LogP contribution in [0, 0.1) is 35.5 Å². The molecule has 5 rings (SSSR count). The van der Waals surface area contributed by atoms with Crippen molar-refractivity contribution >= 4 is 59.7 Å². The van der Waals surface area contributed by atoms with Crippen LogP contribution in [0.25, 0.3) is 0 Å². The zero-order valence-corrected chi connectivity index (χ0v) is 39.0. The summed E-state index contributed by atoms with van der Waals surface area (Å²) in [6.07, 6.45) is 5.77. The van der Waals surface area contributed by atoms with E-state index in [9.17, 15) is 47.9 Å². The standard InChI is InChI=1S/C50H56O20/c1-5-41(51)63-23-25-65-43(53)29-7-11-31(12-8-29)45(55)67-35-19-21-39(37(27-35)49(59)61-3)69-47(57)33-15-17-34(18-16-33)48(58)70-40-22-20-36(28-38(40)50(60)62-4)68-46(56)32-13-9-30(10-14-32)44(54)66-26-24-64-42(52)6-2/h5-6,19-22,27-34H,1-2,7-18,23-26H2,3-4H3. The molecule has 20 nitrogen and oxygen atoms in total. The van der Waals surface area contributed by atoms with Crippen molar-refractivity contribution in [2.45, 2.75) is 77.0 Å². The van der Waals surface area contributed by atoms with Crippen LogP contribution in [0.5, 0.6) is 23.0 Å². The lowest BCUT2D eigenvalue weighted by Gasteiger charge is -2.26. The predicted octanol–water partition coefficient (Wildman–Crippen LogP) is 5.55. The van der Waals surface area contributed by atoms with E-state index in [1.54, 1.807) is 0 Å². The van der Waals surface area contributed by atoms with Crippen LogP contribution in [0.2, 0.25) is 0 Å².